The summed E-state index contributed by atoms with van der Waals surface area (Å²) in [5.74, 6) is 0.702. The fourth-order valence-electron chi connectivity index (χ4n) is 5.37. The SMILES string of the molecule is CCN=C(NC1CCN(CC(N)=O)CC1)NC1CC(OCC)C12CCCCC2.I. The molecule has 1 heterocycles. The fraction of sp³-hybridized carbons (Fsp3) is 0.905. The van der Waals surface area contributed by atoms with Crippen LogP contribution in [0.5, 0.6) is 0 Å². The molecule has 2 saturated carbocycles. The predicted molar refractivity (Wildman–Crippen MR) is 128 cm³/mol. The highest BCUT2D eigenvalue weighted by Crippen LogP contribution is 2.53. The Morgan fingerprint density at radius 3 is 2.45 bits per heavy atom. The topological polar surface area (TPSA) is 92.0 Å². The zero-order valence-electron chi connectivity index (χ0n) is 18.1. The van der Waals surface area contributed by atoms with Gasteiger partial charge < -0.3 is 21.1 Å². The van der Waals surface area contributed by atoms with Crippen LogP contribution in [0.2, 0.25) is 0 Å². The number of piperidine rings is 1. The molecule has 3 fully saturated rings. The number of guanidine groups is 1. The van der Waals surface area contributed by atoms with Gasteiger partial charge in [0.15, 0.2) is 5.96 Å². The second-order valence-electron chi connectivity index (χ2n) is 8.65. The van der Waals surface area contributed by atoms with Gasteiger partial charge in [0.05, 0.1) is 12.6 Å². The van der Waals surface area contributed by atoms with E-state index in [-0.39, 0.29) is 35.3 Å². The summed E-state index contributed by atoms with van der Waals surface area (Å²) in [6.07, 6.45) is 10.0. The number of halogens is 1. The molecule has 1 saturated heterocycles. The number of primary amides is 1. The Bertz CT molecular complexity index is 545. The molecule has 3 aliphatic rings. The van der Waals surface area contributed by atoms with Gasteiger partial charge >= 0.3 is 0 Å². The van der Waals surface area contributed by atoms with Gasteiger partial charge in [-0.3, -0.25) is 14.7 Å². The molecule has 1 amide bonds. The lowest BCUT2D eigenvalue weighted by atomic mass is 9.55. The van der Waals surface area contributed by atoms with E-state index >= 15 is 0 Å². The van der Waals surface area contributed by atoms with Crippen molar-refractivity contribution in [1.82, 2.24) is 15.5 Å². The van der Waals surface area contributed by atoms with Crippen molar-refractivity contribution in [2.24, 2.45) is 16.1 Å². The van der Waals surface area contributed by atoms with Gasteiger partial charge in [0, 0.05) is 43.7 Å². The number of nitrogens with zero attached hydrogens (tertiary/aromatic N) is 2. The molecule has 2 aliphatic carbocycles. The fourth-order valence-corrected chi connectivity index (χ4v) is 5.37. The Balaban J connectivity index is 0.00000300. The number of amides is 1. The molecule has 168 valence electrons. The van der Waals surface area contributed by atoms with Gasteiger partial charge in [-0.05, 0) is 46.0 Å². The number of hydrogen-bond acceptors (Lipinski definition) is 4. The van der Waals surface area contributed by atoms with Crippen LogP contribution >= 0.6 is 24.0 Å². The summed E-state index contributed by atoms with van der Waals surface area (Å²) < 4.78 is 6.09. The average molecular weight is 521 g/mol. The maximum atomic E-state index is 11.1. The van der Waals surface area contributed by atoms with Crippen molar-refractivity contribution < 1.29 is 9.53 Å². The molecule has 0 aromatic carbocycles. The highest BCUT2D eigenvalue weighted by atomic mass is 127. The summed E-state index contributed by atoms with van der Waals surface area (Å²) in [6.45, 7) is 7.93. The third-order valence-electron chi connectivity index (χ3n) is 6.87. The zero-order valence-corrected chi connectivity index (χ0v) is 20.5. The first-order valence-corrected chi connectivity index (χ1v) is 11.3. The summed E-state index contributed by atoms with van der Waals surface area (Å²) in [6, 6.07) is 0.851. The Kier molecular flexibility index (Phi) is 9.94. The van der Waals surface area contributed by atoms with Crippen LogP contribution in [-0.4, -0.2) is 67.7 Å². The van der Waals surface area contributed by atoms with E-state index in [0.29, 0.717) is 24.7 Å². The highest BCUT2D eigenvalue weighted by Gasteiger charge is 2.55. The number of nitrogens with one attached hydrogen (secondary N) is 2. The van der Waals surface area contributed by atoms with E-state index in [1.165, 1.54) is 32.1 Å². The maximum Gasteiger partial charge on any atom is 0.231 e. The van der Waals surface area contributed by atoms with Gasteiger partial charge in [-0.1, -0.05) is 19.3 Å². The Morgan fingerprint density at radius 2 is 1.86 bits per heavy atom. The van der Waals surface area contributed by atoms with Crippen LogP contribution in [0.4, 0.5) is 0 Å². The third-order valence-corrected chi connectivity index (χ3v) is 6.87. The minimum atomic E-state index is -0.243. The number of carbonyl (C=O) groups excluding carboxylic acids is 1. The van der Waals surface area contributed by atoms with Crippen molar-refractivity contribution in [1.29, 1.82) is 0 Å². The molecule has 0 aromatic heterocycles. The highest BCUT2D eigenvalue weighted by molar-refractivity contribution is 14.0. The minimum Gasteiger partial charge on any atom is -0.378 e. The van der Waals surface area contributed by atoms with E-state index in [1.54, 1.807) is 0 Å². The lowest BCUT2D eigenvalue weighted by Gasteiger charge is -2.58. The smallest absolute Gasteiger partial charge is 0.231 e. The minimum absolute atomic E-state index is 0. The molecule has 7 nitrogen and oxygen atoms in total. The van der Waals surface area contributed by atoms with E-state index < -0.39 is 0 Å². The standard InChI is InChI=1S/C21H39N5O2.HI/c1-3-23-20(24-16-8-12-26(13-9-16)15-19(22)27)25-17-14-18(28-4-2)21(17)10-6-5-7-11-21;/h16-18H,3-15H2,1-2H3,(H2,22,27)(H2,23,24,25);1H. The van der Waals surface area contributed by atoms with Crippen molar-refractivity contribution in [3.05, 3.63) is 0 Å². The Labute approximate surface area is 193 Å². The lowest BCUT2D eigenvalue weighted by molar-refractivity contribution is -0.145. The van der Waals surface area contributed by atoms with E-state index in [2.05, 4.69) is 29.4 Å². The molecule has 1 aliphatic heterocycles. The van der Waals surface area contributed by atoms with Crippen molar-refractivity contribution in [2.75, 3.05) is 32.8 Å². The molecule has 2 unspecified atom stereocenters. The molecule has 0 radical (unpaired) electrons. The summed E-state index contributed by atoms with van der Waals surface area (Å²) in [5.41, 5.74) is 5.61. The second-order valence-corrected chi connectivity index (χ2v) is 8.65. The van der Waals surface area contributed by atoms with Gasteiger partial charge in [-0.25, -0.2) is 0 Å². The van der Waals surface area contributed by atoms with Gasteiger partial charge in [0.25, 0.3) is 0 Å². The molecule has 0 aromatic rings. The van der Waals surface area contributed by atoms with Crippen LogP contribution in [0.15, 0.2) is 4.99 Å². The van der Waals surface area contributed by atoms with Crippen molar-refractivity contribution >= 4 is 35.8 Å². The van der Waals surface area contributed by atoms with E-state index in [9.17, 15) is 4.79 Å². The van der Waals surface area contributed by atoms with Crippen LogP contribution in [0, 0.1) is 5.41 Å². The summed E-state index contributed by atoms with van der Waals surface area (Å²) in [7, 11) is 0. The summed E-state index contributed by atoms with van der Waals surface area (Å²) in [5, 5.41) is 7.42. The summed E-state index contributed by atoms with van der Waals surface area (Å²) in [4.78, 5) is 18.0. The Morgan fingerprint density at radius 1 is 1.17 bits per heavy atom. The average Bonchev–Trinajstić information content (AvgIpc) is 2.69. The monoisotopic (exact) mass is 521 g/mol. The number of hydrogen-bond donors (Lipinski definition) is 3. The zero-order chi connectivity index (χ0) is 20.0. The lowest BCUT2D eigenvalue weighted by Crippen LogP contribution is -2.67. The van der Waals surface area contributed by atoms with Crippen LogP contribution in [0.25, 0.3) is 0 Å². The molecular formula is C21H40IN5O2. The number of likely N-dealkylation sites (tertiary alicyclic amines) is 1. The first-order chi connectivity index (χ1) is 13.6. The third kappa shape index (κ3) is 6.19. The van der Waals surface area contributed by atoms with Gasteiger partial charge in [-0.15, -0.1) is 24.0 Å². The largest absolute Gasteiger partial charge is 0.378 e. The van der Waals surface area contributed by atoms with Gasteiger partial charge in [0.2, 0.25) is 5.91 Å². The number of rotatable bonds is 7. The van der Waals surface area contributed by atoms with Crippen LogP contribution in [-0.2, 0) is 9.53 Å². The molecule has 0 bridgehead atoms. The van der Waals surface area contributed by atoms with Crippen LogP contribution in [0.1, 0.15) is 65.2 Å². The number of ether oxygens (including phenoxy) is 1. The van der Waals surface area contributed by atoms with Crippen molar-refractivity contribution in [3.8, 4) is 0 Å². The van der Waals surface area contributed by atoms with Gasteiger partial charge in [-0.2, -0.15) is 0 Å². The van der Waals surface area contributed by atoms with Gasteiger partial charge in [0.1, 0.15) is 0 Å². The first kappa shape index (κ1) is 24.7. The van der Waals surface area contributed by atoms with E-state index in [0.717, 1.165) is 51.5 Å². The predicted octanol–water partition coefficient (Wildman–Crippen LogP) is 2.24. The molecule has 8 heteroatoms. The van der Waals surface area contributed by atoms with Crippen LogP contribution < -0.4 is 16.4 Å². The molecule has 2 atom stereocenters. The van der Waals surface area contributed by atoms with Crippen molar-refractivity contribution in [2.45, 2.75) is 83.4 Å². The molecule has 3 rings (SSSR count). The molecular weight excluding hydrogens is 481 g/mol. The number of aliphatic imine (C=N–C) groups is 1. The van der Waals surface area contributed by atoms with Crippen molar-refractivity contribution in [3.63, 3.8) is 0 Å². The Hall–Kier alpha value is -0.610. The van der Waals surface area contributed by atoms with E-state index in [4.69, 9.17) is 15.5 Å². The van der Waals surface area contributed by atoms with E-state index in [1.807, 2.05) is 0 Å². The maximum absolute atomic E-state index is 11.1. The summed E-state index contributed by atoms with van der Waals surface area (Å²) >= 11 is 0. The van der Waals surface area contributed by atoms with Crippen LogP contribution in [0.3, 0.4) is 0 Å². The first-order valence-electron chi connectivity index (χ1n) is 11.3. The quantitative estimate of drug-likeness (QED) is 0.272. The second kappa shape index (κ2) is 11.7. The molecule has 29 heavy (non-hydrogen) atoms. The normalized spacial score (nSPS) is 27.7. The number of carbonyl (C=O) groups is 1. The molecule has 1 spiro atoms. The number of nitrogens with two attached hydrogens (primary N) is 1. The molecule has 4 N–H and O–H groups in total.